The Hall–Kier alpha value is -2.75. The minimum atomic E-state index is 0.273. The summed E-state index contributed by atoms with van der Waals surface area (Å²) in [5.74, 6) is 0.651. The third-order valence-corrected chi connectivity index (χ3v) is 3.44. The summed E-state index contributed by atoms with van der Waals surface area (Å²) >= 11 is 0. The predicted octanol–water partition coefficient (Wildman–Crippen LogP) is 3.32. The zero-order valence-corrected chi connectivity index (χ0v) is 11.8. The number of hydrogen-bond donors (Lipinski definition) is 2. The van der Waals surface area contributed by atoms with Crippen molar-refractivity contribution in [2.24, 2.45) is 4.99 Å². The Morgan fingerprint density at radius 2 is 1.71 bits per heavy atom. The van der Waals surface area contributed by atoms with Gasteiger partial charge in [0.05, 0.1) is 17.9 Å². The van der Waals surface area contributed by atoms with Crippen LogP contribution in [-0.2, 0) is 0 Å². The number of benzene rings is 2. The highest BCUT2D eigenvalue weighted by Crippen LogP contribution is 2.26. The van der Waals surface area contributed by atoms with Crippen LogP contribution in [0.15, 0.2) is 59.6 Å². The van der Waals surface area contributed by atoms with Crippen LogP contribution in [0.3, 0.4) is 0 Å². The van der Waals surface area contributed by atoms with Gasteiger partial charge in [0.2, 0.25) is 0 Å². The minimum Gasteiger partial charge on any atom is -0.288 e. The Morgan fingerprint density at radius 3 is 2.43 bits per heavy atom. The number of amidine groups is 2. The molecular weight excluding hydrogens is 260 g/mol. The zero-order valence-electron chi connectivity index (χ0n) is 11.8. The molecule has 0 aromatic heterocycles. The molecule has 1 aliphatic heterocycles. The molecule has 0 spiro atoms. The largest absolute Gasteiger partial charge is 0.288 e. The van der Waals surface area contributed by atoms with E-state index in [1.807, 2.05) is 54.6 Å². The Kier molecular flexibility index (Phi) is 3.36. The number of benzodiazepines with no additional fused rings is 1. The Morgan fingerprint density at radius 1 is 1.05 bits per heavy atom. The number of fused-ring (bicyclic) bond motifs is 1. The van der Waals surface area contributed by atoms with Crippen LogP contribution < -0.4 is 4.90 Å². The maximum atomic E-state index is 8.18. The molecule has 0 aliphatic carbocycles. The van der Waals surface area contributed by atoms with E-state index >= 15 is 0 Å². The van der Waals surface area contributed by atoms with E-state index in [1.54, 1.807) is 11.8 Å². The van der Waals surface area contributed by atoms with Gasteiger partial charge in [0.15, 0.2) is 0 Å². The van der Waals surface area contributed by atoms with Crippen molar-refractivity contribution in [3.8, 4) is 0 Å². The lowest BCUT2D eigenvalue weighted by atomic mass is 10.0. The first kappa shape index (κ1) is 13.2. The first-order valence-corrected chi connectivity index (χ1v) is 6.80. The zero-order chi connectivity index (χ0) is 14.8. The van der Waals surface area contributed by atoms with Crippen LogP contribution in [0.5, 0.6) is 0 Å². The molecule has 2 aromatic rings. The smallest absolute Gasteiger partial charge is 0.128 e. The van der Waals surface area contributed by atoms with Crippen molar-refractivity contribution < 1.29 is 0 Å². The minimum absolute atomic E-state index is 0.273. The Balaban J connectivity index is 2.21. The van der Waals surface area contributed by atoms with Gasteiger partial charge in [-0.1, -0.05) is 48.5 Å². The quantitative estimate of drug-likeness (QED) is 0.609. The molecule has 0 saturated heterocycles. The van der Waals surface area contributed by atoms with Gasteiger partial charge in [-0.25, -0.2) is 0 Å². The van der Waals surface area contributed by atoms with E-state index in [0.717, 1.165) is 22.5 Å². The number of hydrogen-bond acceptors (Lipinski definition) is 3. The van der Waals surface area contributed by atoms with E-state index in [4.69, 9.17) is 10.8 Å². The van der Waals surface area contributed by atoms with E-state index in [1.165, 1.54) is 0 Å². The molecule has 2 N–H and O–H groups in total. The molecular formula is C17H16N4. The maximum absolute atomic E-state index is 8.18. The molecule has 0 saturated carbocycles. The average Bonchev–Trinajstić information content (AvgIpc) is 2.64. The molecule has 0 bridgehead atoms. The molecule has 1 heterocycles. The van der Waals surface area contributed by atoms with Crippen molar-refractivity contribution in [2.45, 2.75) is 6.92 Å². The van der Waals surface area contributed by atoms with Gasteiger partial charge in [-0.2, -0.15) is 0 Å². The summed E-state index contributed by atoms with van der Waals surface area (Å²) in [4.78, 5) is 6.25. The molecule has 0 radical (unpaired) electrons. The molecule has 4 heteroatoms. The lowest BCUT2D eigenvalue weighted by molar-refractivity contribution is 1.20. The summed E-state index contributed by atoms with van der Waals surface area (Å²) in [7, 11) is 0. The summed E-state index contributed by atoms with van der Waals surface area (Å²) in [6.07, 6.45) is 0. The average molecular weight is 276 g/mol. The third-order valence-electron chi connectivity index (χ3n) is 3.44. The topological polar surface area (TPSA) is 63.3 Å². The van der Waals surface area contributed by atoms with Gasteiger partial charge in [0.25, 0.3) is 0 Å². The maximum Gasteiger partial charge on any atom is 0.128 e. The Labute approximate surface area is 123 Å². The molecule has 0 unspecified atom stereocenters. The van der Waals surface area contributed by atoms with Gasteiger partial charge in [0.1, 0.15) is 11.7 Å². The van der Waals surface area contributed by atoms with Gasteiger partial charge in [-0.3, -0.25) is 20.7 Å². The number of rotatable bonds is 1. The van der Waals surface area contributed by atoms with E-state index in [0.29, 0.717) is 11.7 Å². The molecule has 0 fully saturated rings. The summed E-state index contributed by atoms with van der Waals surface area (Å²) in [6, 6.07) is 17.8. The highest BCUT2D eigenvalue weighted by molar-refractivity contribution is 6.25. The fourth-order valence-corrected chi connectivity index (χ4v) is 2.55. The van der Waals surface area contributed by atoms with E-state index in [-0.39, 0.29) is 6.54 Å². The molecule has 1 aliphatic rings. The van der Waals surface area contributed by atoms with E-state index in [2.05, 4.69) is 4.99 Å². The normalized spacial score (nSPS) is 14.2. The van der Waals surface area contributed by atoms with Gasteiger partial charge >= 0.3 is 0 Å². The fraction of sp³-hybridized carbons (Fsp3) is 0.118. The van der Waals surface area contributed by atoms with Crippen molar-refractivity contribution in [3.63, 3.8) is 0 Å². The van der Waals surface area contributed by atoms with Crippen LogP contribution in [-0.4, -0.2) is 23.9 Å². The van der Waals surface area contributed by atoms with Crippen LogP contribution in [0.1, 0.15) is 18.1 Å². The molecule has 3 rings (SSSR count). The van der Waals surface area contributed by atoms with Crippen molar-refractivity contribution in [1.82, 2.24) is 0 Å². The predicted molar refractivity (Wildman–Crippen MR) is 87.0 cm³/mol. The van der Waals surface area contributed by atoms with Gasteiger partial charge in [-0.15, -0.1) is 0 Å². The number of anilines is 1. The second-order valence-electron chi connectivity index (χ2n) is 4.92. The van der Waals surface area contributed by atoms with Crippen molar-refractivity contribution in [2.75, 3.05) is 11.4 Å². The van der Waals surface area contributed by atoms with Crippen LogP contribution in [0.4, 0.5) is 5.69 Å². The number of nitrogens with one attached hydrogen (secondary N) is 2. The second-order valence-corrected chi connectivity index (χ2v) is 4.92. The molecule has 0 amide bonds. The number of aliphatic imine (C=N–C) groups is 1. The Bertz CT molecular complexity index is 731. The first-order valence-electron chi connectivity index (χ1n) is 6.80. The second kappa shape index (κ2) is 5.32. The SMILES string of the molecule is CC(=N)N1C(=N)CN=C(c2ccccc2)c2ccccc21. The van der Waals surface area contributed by atoms with Crippen LogP contribution in [0.2, 0.25) is 0 Å². The van der Waals surface area contributed by atoms with Gasteiger partial charge < -0.3 is 0 Å². The summed E-state index contributed by atoms with van der Waals surface area (Å²) in [5, 5.41) is 16.1. The highest BCUT2D eigenvalue weighted by Gasteiger charge is 2.23. The fourth-order valence-electron chi connectivity index (χ4n) is 2.55. The van der Waals surface area contributed by atoms with E-state index < -0.39 is 0 Å². The summed E-state index contributed by atoms with van der Waals surface area (Å²) in [5.41, 5.74) is 3.70. The van der Waals surface area contributed by atoms with Gasteiger partial charge in [-0.05, 0) is 13.0 Å². The summed E-state index contributed by atoms with van der Waals surface area (Å²) in [6.45, 7) is 1.97. The third kappa shape index (κ3) is 2.36. The van der Waals surface area contributed by atoms with Crippen molar-refractivity contribution in [1.29, 1.82) is 10.8 Å². The lowest BCUT2D eigenvalue weighted by Crippen LogP contribution is -2.35. The monoisotopic (exact) mass is 276 g/mol. The van der Waals surface area contributed by atoms with Crippen LogP contribution in [0.25, 0.3) is 0 Å². The molecule has 0 atom stereocenters. The van der Waals surface area contributed by atoms with Gasteiger partial charge in [0, 0.05) is 11.1 Å². The van der Waals surface area contributed by atoms with Crippen molar-refractivity contribution >= 4 is 23.1 Å². The highest BCUT2D eigenvalue weighted by atomic mass is 15.2. The van der Waals surface area contributed by atoms with Crippen molar-refractivity contribution in [3.05, 3.63) is 65.7 Å². The summed E-state index contributed by atoms with van der Waals surface area (Å²) < 4.78 is 0. The first-order chi connectivity index (χ1) is 10.2. The molecule has 104 valence electrons. The van der Waals surface area contributed by atoms with Crippen LogP contribution in [0, 0.1) is 10.8 Å². The standard InChI is InChI=1S/C17H16N4/c1-12(18)21-15-10-6-5-9-14(15)17(20-11-16(21)19)13-7-3-2-4-8-13/h2-10,18-19H,11H2,1H3. The number of nitrogens with zero attached hydrogens (tertiary/aromatic N) is 2. The lowest BCUT2D eigenvalue weighted by Gasteiger charge is -2.23. The molecule has 4 nitrogen and oxygen atoms in total. The van der Waals surface area contributed by atoms with E-state index in [9.17, 15) is 0 Å². The molecule has 21 heavy (non-hydrogen) atoms. The number of para-hydroxylation sites is 1. The van der Waals surface area contributed by atoms with Crippen LogP contribution >= 0.6 is 0 Å². The molecule has 2 aromatic carbocycles.